The van der Waals surface area contributed by atoms with E-state index in [0.717, 1.165) is 30.1 Å². The maximum absolute atomic E-state index is 13.8. The number of carbonyl (C=O) groups is 3. The Hall–Kier alpha value is -3.09. The van der Waals surface area contributed by atoms with Crippen LogP contribution in [0.15, 0.2) is 66.3 Å². The van der Waals surface area contributed by atoms with Gasteiger partial charge in [0.1, 0.15) is 23.9 Å². The summed E-state index contributed by atoms with van der Waals surface area (Å²) in [5.41, 5.74) is 0.478. The predicted molar refractivity (Wildman–Crippen MR) is 231 cm³/mol. The summed E-state index contributed by atoms with van der Waals surface area (Å²) in [6, 6.07) is 11.9. The fraction of sp³-hybridized carbons (Fsp3) is 0.681. The minimum Gasteiger partial charge on any atom is -0.458 e. The standard InChI is InChI=1S/C47H74O10Si/c1-13-40(54-46(50)38-24-19-18-20-25-38)35(9)45-41(53-45)30-32(6)22-21-23-33(7)44-34(8)26-27-42(52-36(10)48)47(12,56-37(11)51-14-2)29-28-39(31-43(49)55-44)57-58(15-3,16-4)17-5/h18-27,32,34-35,37,39-42,44-45H,13-17,28-31H2,1-12H3/b22-21+,27-26+,33-23+. The fourth-order valence-electron chi connectivity index (χ4n) is 8.13. The zero-order valence-corrected chi connectivity index (χ0v) is 38.5. The van der Waals surface area contributed by atoms with Gasteiger partial charge in [-0.1, -0.05) is 91.0 Å². The number of ether oxygens (including phenoxy) is 6. The average Bonchev–Trinajstić information content (AvgIpc) is 3.96. The lowest BCUT2D eigenvalue weighted by atomic mass is 9.88. The number of rotatable bonds is 20. The number of hydrogen-bond acceptors (Lipinski definition) is 10. The molecule has 3 rings (SSSR count). The van der Waals surface area contributed by atoms with E-state index in [1.807, 2.05) is 84.0 Å². The Kier molecular flexibility index (Phi) is 20.1. The largest absolute Gasteiger partial charge is 0.458 e. The summed E-state index contributed by atoms with van der Waals surface area (Å²) < 4.78 is 43.6. The van der Waals surface area contributed by atoms with Crippen LogP contribution in [0.25, 0.3) is 0 Å². The van der Waals surface area contributed by atoms with E-state index < -0.39 is 38.4 Å². The van der Waals surface area contributed by atoms with E-state index in [1.54, 1.807) is 12.1 Å². The summed E-state index contributed by atoms with van der Waals surface area (Å²) in [7, 11) is -2.11. The van der Waals surface area contributed by atoms with Gasteiger partial charge in [-0.05, 0) is 101 Å². The van der Waals surface area contributed by atoms with Crippen LogP contribution in [-0.4, -0.2) is 81.3 Å². The highest BCUT2D eigenvalue weighted by Crippen LogP contribution is 2.38. The Morgan fingerprint density at radius 3 is 2.28 bits per heavy atom. The summed E-state index contributed by atoms with van der Waals surface area (Å²) in [4.78, 5) is 39.1. The smallest absolute Gasteiger partial charge is 0.338 e. The first kappa shape index (κ1) is 49.3. The highest BCUT2D eigenvalue weighted by molar-refractivity contribution is 6.73. The molecule has 1 fully saturated rings. The van der Waals surface area contributed by atoms with Gasteiger partial charge in [-0.2, -0.15) is 0 Å². The molecular weight excluding hydrogens is 753 g/mol. The van der Waals surface area contributed by atoms with Crippen molar-refractivity contribution >= 4 is 26.2 Å². The third-order valence-corrected chi connectivity index (χ3v) is 16.7. The molecule has 11 heteroatoms. The Balaban J connectivity index is 1.81. The van der Waals surface area contributed by atoms with Gasteiger partial charge in [0.2, 0.25) is 0 Å². The third kappa shape index (κ3) is 14.9. The summed E-state index contributed by atoms with van der Waals surface area (Å²) in [6.45, 7) is 24.4. The minimum absolute atomic E-state index is 0.0305. The molecular formula is C47H74O10Si. The van der Waals surface area contributed by atoms with Crippen molar-refractivity contribution in [2.24, 2.45) is 17.8 Å². The van der Waals surface area contributed by atoms with Crippen molar-refractivity contribution < 1.29 is 47.2 Å². The highest BCUT2D eigenvalue weighted by Gasteiger charge is 2.46. The van der Waals surface area contributed by atoms with Crippen LogP contribution in [0.5, 0.6) is 0 Å². The molecule has 1 saturated heterocycles. The molecule has 0 radical (unpaired) electrons. The minimum atomic E-state index is -2.11. The molecule has 0 aromatic heterocycles. The molecule has 10 nitrogen and oxygen atoms in total. The molecule has 1 aromatic carbocycles. The molecule has 326 valence electrons. The fourth-order valence-corrected chi connectivity index (χ4v) is 11.0. The molecule has 0 aliphatic carbocycles. The van der Waals surface area contributed by atoms with Gasteiger partial charge in [0.05, 0.1) is 30.3 Å². The topological polar surface area (TPSA) is 119 Å². The number of esters is 3. The van der Waals surface area contributed by atoms with Crippen molar-refractivity contribution in [1.29, 1.82) is 0 Å². The van der Waals surface area contributed by atoms with Gasteiger partial charge < -0.3 is 32.8 Å². The molecule has 2 aliphatic rings. The van der Waals surface area contributed by atoms with Gasteiger partial charge in [0.15, 0.2) is 14.6 Å². The predicted octanol–water partition coefficient (Wildman–Crippen LogP) is 10.3. The van der Waals surface area contributed by atoms with Crippen molar-refractivity contribution in [3.05, 3.63) is 71.8 Å². The van der Waals surface area contributed by atoms with Gasteiger partial charge in [0, 0.05) is 25.4 Å². The maximum Gasteiger partial charge on any atom is 0.338 e. The monoisotopic (exact) mass is 827 g/mol. The van der Waals surface area contributed by atoms with E-state index in [9.17, 15) is 14.4 Å². The summed E-state index contributed by atoms with van der Waals surface area (Å²) in [6.07, 6.45) is 10.3. The van der Waals surface area contributed by atoms with Crippen LogP contribution in [0.4, 0.5) is 0 Å². The molecule has 1 aromatic rings. The van der Waals surface area contributed by atoms with Crippen molar-refractivity contribution in [2.75, 3.05) is 6.61 Å². The maximum atomic E-state index is 13.8. The van der Waals surface area contributed by atoms with Crippen LogP contribution in [-0.2, 0) is 42.4 Å². The van der Waals surface area contributed by atoms with Crippen LogP contribution >= 0.6 is 0 Å². The number of epoxide rings is 1. The highest BCUT2D eigenvalue weighted by atomic mass is 28.4. The van der Waals surface area contributed by atoms with E-state index in [0.29, 0.717) is 31.4 Å². The van der Waals surface area contributed by atoms with Gasteiger partial charge in [-0.25, -0.2) is 4.79 Å². The van der Waals surface area contributed by atoms with Gasteiger partial charge >= 0.3 is 17.9 Å². The van der Waals surface area contributed by atoms with E-state index in [4.69, 9.17) is 32.8 Å². The van der Waals surface area contributed by atoms with Crippen molar-refractivity contribution in [3.8, 4) is 0 Å². The van der Waals surface area contributed by atoms with Crippen LogP contribution in [0, 0.1) is 17.8 Å². The Bertz CT molecular complexity index is 1510. The van der Waals surface area contributed by atoms with Gasteiger partial charge in [-0.3, -0.25) is 9.59 Å². The van der Waals surface area contributed by atoms with Crippen LogP contribution < -0.4 is 0 Å². The number of hydrogen-bond donors (Lipinski definition) is 0. The molecule has 0 saturated carbocycles. The summed E-state index contributed by atoms with van der Waals surface area (Å²) in [5.74, 6) is -0.996. The molecule has 0 spiro atoms. The van der Waals surface area contributed by atoms with Crippen LogP contribution in [0.1, 0.15) is 126 Å². The first-order chi connectivity index (χ1) is 27.5. The molecule has 0 N–H and O–H groups in total. The van der Waals surface area contributed by atoms with Crippen molar-refractivity contribution in [1.82, 2.24) is 0 Å². The second-order valence-electron chi connectivity index (χ2n) is 16.6. The lowest BCUT2D eigenvalue weighted by molar-refractivity contribution is -0.227. The zero-order chi connectivity index (χ0) is 43.0. The third-order valence-electron chi connectivity index (χ3n) is 12.0. The van der Waals surface area contributed by atoms with E-state index in [1.165, 1.54) is 6.92 Å². The summed E-state index contributed by atoms with van der Waals surface area (Å²) >= 11 is 0. The molecule has 11 atom stereocenters. The molecule has 0 amide bonds. The Morgan fingerprint density at radius 2 is 1.67 bits per heavy atom. The Morgan fingerprint density at radius 1 is 1.00 bits per heavy atom. The second-order valence-corrected chi connectivity index (χ2v) is 21.3. The zero-order valence-electron chi connectivity index (χ0n) is 37.5. The second kappa shape index (κ2) is 23.6. The van der Waals surface area contributed by atoms with E-state index >= 15 is 0 Å². The molecule has 2 heterocycles. The SMILES string of the molecule is CCOC(C)OC1(C)CCC(O[Si](CC)(CC)CC)CC(=O)OC(/C(C)=C/C=C/C(C)CC2OC2C(C)C(CC)OC(=O)c2ccccc2)C(C)/C=C/C1OC(C)=O. The quantitative estimate of drug-likeness (QED) is 0.0239. The Labute approximate surface area is 350 Å². The molecule has 58 heavy (non-hydrogen) atoms. The van der Waals surface area contributed by atoms with Crippen LogP contribution in [0.3, 0.4) is 0 Å². The molecule has 2 aliphatic heterocycles. The van der Waals surface area contributed by atoms with Gasteiger partial charge in [-0.15, -0.1) is 0 Å². The van der Waals surface area contributed by atoms with E-state index in [-0.39, 0.29) is 60.5 Å². The first-order valence-electron chi connectivity index (χ1n) is 21.8. The first-order valence-corrected chi connectivity index (χ1v) is 24.4. The average molecular weight is 827 g/mol. The van der Waals surface area contributed by atoms with Gasteiger partial charge in [0.25, 0.3) is 0 Å². The normalized spacial score (nSPS) is 28.6. The van der Waals surface area contributed by atoms with E-state index in [2.05, 4.69) is 40.7 Å². The number of allylic oxidation sites excluding steroid dienone is 3. The lowest BCUT2D eigenvalue weighted by Gasteiger charge is -2.40. The van der Waals surface area contributed by atoms with Crippen LogP contribution in [0.2, 0.25) is 18.1 Å². The number of benzene rings is 1. The molecule has 11 unspecified atom stereocenters. The van der Waals surface area contributed by atoms with Crippen molar-refractivity contribution in [2.45, 2.75) is 182 Å². The number of cyclic esters (lactones) is 1. The van der Waals surface area contributed by atoms with Crippen molar-refractivity contribution in [3.63, 3.8) is 0 Å². The number of carbonyl (C=O) groups excluding carboxylic acids is 3. The summed E-state index contributed by atoms with van der Waals surface area (Å²) in [5, 5.41) is 0. The molecule has 0 bridgehead atoms. The lowest BCUT2D eigenvalue weighted by Crippen LogP contribution is -2.48.